The molecule has 1 amide bonds. The number of rotatable bonds is 6. The molecule has 0 aliphatic heterocycles. The van der Waals surface area contributed by atoms with Crippen LogP contribution < -0.4 is 10.6 Å². The predicted octanol–water partition coefficient (Wildman–Crippen LogP) is 4.45. The number of hydrogen-bond donors (Lipinski definition) is 2. The Labute approximate surface area is 178 Å². The average molecular weight is 420 g/mol. The lowest BCUT2D eigenvalue weighted by atomic mass is 9.96. The summed E-state index contributed by atoms with van der Waals surface area (Å²) in [6, 6.07) is 12.6. The largest absolute Gasteiger partial charge is 0.459 e. The molecule has 2 N–H and O–H groups in total. The summed E-state index contributed by atoms with van der Waals surface area (Å²) in [5.74, 6) is -0.674. The van der Waals surface area contributed by atoms with E-state index in [1.165, 1.54) is 28.5 Å². The minimum absolute atomic E-state index is 0.115. The number of aryl methyl sites for hydroxylation is 2. The summed E-state index contributed by atoms with van der Waals surface area (Å²) in [7, 11) is 0. The summed E-state index contributed by atoms with van der Waals surface area (Å²) < 4.78 is 5.16. The number of thiophene rings is 1. The summed E-state index contributed by atoms with van der Waals surface area (Å²) in [6.45, 7) is 1.94. The SMILES string of the molecule is Cc1ccc(C(=O)C(NC(=O)c2ccco2)Nc2sc3c(c2C#N)CCCC3)cc1. The third kappa shape index (κ3) is 4.00. The van der Waals surface area contributed by atoms with Gasteiger partial charge in [-0.05, 0) is 50.3 Å². The second-order valence-electron chi connectivity index (χ2n) is 7.29. The number of nitriles is 1. The molecular formula is C23H21N3O3S. The van der Waals surface area contributed by atoms with Crippen molar-refractivity contribution < 1.29 is 14.0 Å². The zero-order chi connectivity index (χ0) is 21.1. The van der Waals surface area contributed by atoms with Crippen molar-refractivity contribution in [2.24, 2.45) is 0 Å². The molecule has 2 heterocycles. The molecule has 152 valence electrons. The molecule has 1 aliphatic carbocycles. The number of carbonyl (C=O) groups excluding carboxylic acids is 2. The zero-order valence-electron chi connectivity index (χ0n) is 16.5. The Kier molecular flexibility index (Phi) is 5.68. The molecular weight excluding hydrogens is 398 g/mol. The second-order valence-corrected chi connectivity index (χ2v) is 8.39. The number of benzene rings is 1. The van der Waals surface area contributed by atoms with E-state index in [0.717, 1.165) is 36.8 Å². The maximum atomic E-state index is 13.2. The van der Waals surface area contributed by atoms with Crippen molar-refractivity contribution in [1.29, 1.82) is 5.26 Å². The Balaban J connectivity index is 1.66. The standard InChI is InChI=1S/C23H21N3O3S/c1-14-8-10-15(11-9-14)20(27)21(25-22(28)18-6-4-12-29-18)26-23-17(13-24)16-5-2-3-7-19(16)30-23/h4,6,8-12,21,26H,2-3,5,7H2,1H3,(H,25,28). The molecule has 0 saturated heterocycles. The van der Waals surface area contributed by atoms with Crippen LogP contribution in [-0.2, 0) is 12.8 Å². The first-order chi connectivity index (χ1) is 14.6. The van der Waals surface area contributed by atoms with Crippen LogP contribution in [0.15, 0.2) is 47.1 Å². The fourth-order valence-electron chi connectivity index (χ4n) is 3.58. The number of anilines is 1. The molecule has 1 unspecified atom stereocenters. The predicted molar refractivity (Wildman–Crippen MR) is 115 cm³/mol. The van der Waals surface area contributed by atoms with Crippen LogP contribution in [0.4, 0.5) is 5.00 Å². The van der Waals surface area contributed by atoms with E-state index < -0.39 is 12.1 Å². The molecule has 1 atom stereocenters. The summed E-state index contributed by atoms with van der Waals surface area (Å²) in [4.78, 5) is 27.0. The minimum Gasteiger partial charge on any atom is -0.459 e. The highest BCUT2D eigenvalue weighted by atomic mass is 32.1. The highest BCUT2D eigenvalue weighted by Crippen LogP contribution is 2.38. The van der Waals surface area contributed by atoms with Gasteiger partial charge in [0.25, 0.3) is 5.91 Å². The van der Waals surface area contributed by atoms with Crippen LogP contribution in [0.5, 0.6) is 0 Å². The third-order valence-corrected chi connectivity index (χ3v) is 6.40. The first-order valence-corrected chi connectivity index (χ1v) is 10.6. The van der Waals surface area contributed by atoms with Gasteiger partial charge in [0, 0.05) is 10.4 Å². The molecule has 0 spiro atoms. The van der Waals surface area contributed by atoms with Gasteiger partial charge in [-0.15, -0.1) is 11.3 Å². The normalized spacial score (nSPS) is 13.7. The number of nitrogens with one attached hydrogen (secondary N) is 2. The van der Waals surface area contributed by atoms with Crippen molar-refractivity contribution >= 4 is 28.0 Å². The number of hydrogen-bond acceptors (Lipinski definition) is 6. The first-order valence-electron chi connectivity index (χ1n) is 9.83. The van der Waals surface area contributed by atoms with Crippen molar-refractivity contribution in [3.63, 3.8) is 0 Å². The number of nitrogens with zero attached hydrogens (tertiary/aromatic N) is 1. The fraction of sp³-hybridized carbons (Fsp3) is 0.261. The fourth-order valence-corrected chi connectivity index (χ4v) is 4.85. The monoisotopic (exact) mass is 419 g/mol. The van der Waals surface area contributed by atoms with Crippen LogP contribution >= 0.6 is 11.3 Å². The van der Waals surface area contributed by atoms with Gasteiger partial charge in [-0.3, -0.25) is 9.59 Å². The van der Waals surface area contributed by atoms with Gasteiger partial charge >= 0.3 is 0 Å². The topological polar surface area (TPSA) is 95.1 Å². The summed E-state index contributed by atoms with van der Waals surface area (Å²) >= 11 is 1.49. The van der Waals surface area contributed by atoms with E-state index >= 15 is 0 Å². The van der Waals surface area contributed by atoms with Gasteiger partial charge in [0.2, 0.25) is 5.78 Å². The Morgan fingerprint density at radius 2 is 1.93 bits per heavy atom. The lowest BCUT2D eigenvalue weighted by Gasteiger charge is -2.19. The Bertz CT molecular complexity index is 1110. The molecule has 4 rings (SSSR count). The van der Waals surface area contributed by atoms with Crippen LogP contribution in [0.2, 0.25) is 0 Å². The molecule has 0 saturated carbocycles. The molecule has 0 radical (unpaired) electrons. The van der Waals surface area contributed by atoms with Gasteiger partial charge in [0.15, 0.2) is 11.9 Å². The van der Waals surface area contributed by atoms with Crippen LogP contribution in [0.1, 0.15) is 55.3 Å². The molecule has 2 aromatic heterocycles. The molecule has 3 aromatic rings. The molecule has 1 aliphatic rings. The molecule has 0 fully saturated rings. The quantitative estimate of drug-likeness (QED) is 0.455. The van der Waals surface area contributed by atoms with Crippen LogP contribution in [-0.4, -0.2) is 17.9 Å². The number of Topliss-reactive ketones (excluding diaryl/α,β-unsaturated/α-hetero) is 1. The number of furan rings is 1. The van der Waals surface area contributed by atoms with Crippen molar-refractivity contribution in [2.45, 2.75) is 38.8 Å². The molecule has 7 heteroatoms. The zero-order valence-corrected chi connectivity index (χ0v) is 17.3. The van der Waals surface area contributed by atoms with Crippen molar-refractivity contribution in [2.75, 3.05) is 5.32 Å². The van der Waals surface area contributed by atoms with Gasteiger partial charge in [-0.25, -0.2) is 0 Å². The maximum Gasteiger partial charge on any atom is 0.288 e. The summed E-state index contributed by atoms with van der Waals surface area (Å²) in [6.07, 6.45) is 4.33. The second kappa shape index (κ2) is 8.56. The number of fused-ring (bicyclic) bond motifs is 1. The van der Waals surface area contributed by atoms with Gasteiger partial charge in [-0.2, -0.15) is 5.26 Å². The third-order valence-electron chi connectivity index (χ3n) is 5.18. The summed E-state index contributed by atoms with van der Waals surface area (Å²) in [5, 5.41) is 16.2. The van der Waals surface area contributed by atoms with Crippen molar-refractivity contribution in [1.82, 2.24) is 5.32 Å². The van der Waals surface area contributed by atoms with E-state index in [-0.39, 0.29) is 11.5 Å². The van der Waals surface area contributed by atoms with E-state index in [2.05, 4.69) is 16.7 Å². The molecule has 30 heavy (non-hydrogen) atoms. The van der Waals surface area contributed by atoms with Gasteiger partial charge < -0.3 is 15.1 Å². The smallest absolute Gasteiger partial charge is 0.288 e. The summed E-state index contributed by atoms with van der Waals surface area (Å²) in [5.41, 5.74) is 3.14. The van der Waals surface area contributed by atoms with Crippen molar-refractivity contribution in [3.05, 3.63) is 75.6 Å². The number of ketones is 1. The first kappa shape index (κ1) is 19.9. The number of amides is 1. The number of carbonyl (C=O) groups is 2. The molecule has 1 aromatic carbocycles. The molecule has 6 nitrogen and oxygen atoms in total. The van der Waals surface area contributed by atoms with E-state index in [9.17, 15) is 14.9 Å². The van der Waals surface area contributed by atoms with Crippen LogP contribution in [0.25, 0.3) is 0 Å². The minimum atomic E-state index is -1.03. The van der Waals surface area contributed by atoms with Gasteiger partial charge in [-0.1, -0.05) is 29.8 Å². The highest BCUT2D eigenvalue weighted by Gasteiger charge is 2.27. The lowest BCUT2D eigenvalue weighted by Crippen LogP contribution is -2.46. The van der Waals surface area contributed by atoms with E-state index in [4.69, 9.17) is 4.42 Å². The highest BCUT2D eigenvalue weighted by molar-refractivity contribution is 7.16. The molecule has 0 bridgehead atoms. The maximum absolute atomic E-state index is 13.2. The van der Waals surface area contributed by atoms with Gasteiger partial charge in [0.05, 0.1) is 11.8 Å². The Morgan fingerprint density at radius 3 is 2.63 bits per heavy atom. The van der Waals surface area contributed by atoms with E-state index in [0.29, 0.717) is 16.1 Å². The Hall–Kier alpha value is -3.37. The van der Waals surface area contributed by atoms with Crippen LogP contribution in [0, 0.1) is 18.3 Å². The lowest BCUT2D eigenvalue weighted by molar-refractivity contribution is 0.0853. The van der Waals surface area contributed by atoms with E-state index in [1.54, 1.807) is 18.2 Å². The van der Waals surface area contributed by atoms with Crippen LogP contribution in [0.3, 0.4) is 0 Å². The van der Waals surface area contributed by atoms with Crippen molar-refractivity contribution in [3.8, 4) is 6.07 Å². The van der Waals surface area contributed by atoms with E-state index in [1.807, 2.05) is 19.1 Å². The van der Waals surface area contributed by atoms with Gasteiger partial charge in [0.1, 0.15) is 11.1 Å². The Morgan fingerprint density at radius 1 is 1.17 bits per heavy atom. The average Bonchev–Trinajstić information content (AvgIpc) is 3.41.